The molecule has 1 unspecified atom stereocenters. The van der Waals surface area contributed by atoms with E-state index in [1.54, 1.807) is 0 Å². The number of furan rings is 1. The van der Waals surface area contributed by atoms with Gasteiger partial charge in [-0.05, 0) is 24.3 Å². The molecular formula is C12H9NO6. The molecule has 7 nitrogen and oxygen atoms in total. The largest absolute Gasteiger partial charge is 0.481 e. The molecule has 2 N–H and O–H groups in total. The molecule has 0 aromatic carbocycles. The van der Waals surface area contributed by atoms with E-state index in [1.807, 2.05) is 0 Å². The molecule has 0 aliphatic carbocycles. The summed E-state index contributed by atoms with van der Waals surface area (Å²) in [7, 11) is 0. The lowest BCUT2D eigenvalue weighted by Crippen LogP contribution is -2.49. The van der Waals surface area contributed by atoms with E-state index in [9.17, 15) is 14.4 Å². The van der Waals surface area contributed by atoms with Crippen molar-refractivity contribution in [3.63, 3.8) is 0 Å². The fourth-order valence-corrected chi connectivity index (χ4v) is 1.92. The van der Waals surface area contributed by atoms with Crippen LogP contribution in [0.3, 0.4) is 0 Å². The highest BCUT2D eigenvalue weighted by atomic mass is 16.4. The smallest absolute Gasteiger partial charge is 0.321 e. The first-order chi connectivity index (χ1) is 8.99. The van der Waals surface area contributed by atoms with Crippen LogP contribution in [0.2, 0.25) is 0 Å². The zero-order valence-electron chi connectivity index (χ0n) is 9.52. The van der Waals surface area contributed by atoms with Gasteiger partial charge in [0.25, 0.3) is 0 Å². The summed E-state index contributed by atoms with van der Waals surface area (Å²) in [6.45, 7) is 0. The molecule has 0 saturated carbocycles. The molecule has 0 fully saturated rings. The SMILES string of the molecule is O=C(O)C(C(=O)O)C1(C(=O)c2ccco2)C=CC=N1. The van der Waals surface area contributed by atoms with Crippen LogP contribution in [0.25, 0.3) is 0 Å². The van der Waals surface area contributed by atoms with Crippen LogP contribution in [0.5, 0.6) is 0 Å². The molecule has 0 radical (unpaired) electrons. The van der Waals surface area contributed by atoms with Gasteiger partial charge in [-0.2, -0.15) is 0 Å². The van der Waals surface area contributed by atoms with Crippen molar-refractivity contribution in [2.24, 2.45) is 10.9 Å². The van der Waals surface area contributed by atoms with Crippen molar-refractivity contribution >= 4 is 23.9 Å². The molecule has 98 valence electrons. The monoisotopic (exact) mass is 263 g/mol. The number of aliphatic imine (C=N–C) groups is 1. The third kappa shape index (κ3) is 1.95. The molecule has 1 aromatic rings. The van der Waals surface area contributed by atoms with Gasteiger partial charge in [0.1, 0.15) is 0 Å². The normalized spacial score (nSPS) is 20.9. The zero-order chi connectivity index (χ0) is 14.0. The maximum Gasteiger partial charge on any atom is 0.321 e. The van der Waals surface area contributed by atoms with E-state index in [2.05, 4.69) is 4.99 Å². The Kier molecular flexibility index (Phi) is 3.04. The van der Waals surface area contributed by atoms with E-state index >= 15 is 0 Å². The maximum absolute atomic E-state index is 12.3. The van der Waals surface area contributed by atoms with Crippen molar-refractivity contribution in [3.8, 4) is 0 Å². The zero-order valence-corrected chi connectivity index (χ0v) is 9.52. The van der Waals surface area contributed by atoms with E-state index in [0.717, 1.165) is 6.08 Å². The predicted octanol–water partition coefficient (Wildman–Crippen LogP) is 0.627. The highest BCUT2D eigenvalue weighted by molar-refractivity contribution is 6.12. The molecule has 7 heteroatoms. The van der Waals surface area contributed by atoms with Gasteiger partial charge in [-0.3, -0.25) is 19.4 Å². The van der Waals surface area contributed by atoms with Gasteiger partial charge in [-0.25, -0.2) is 0 Å². The van der Waals surface area contributed by atoms with E-state index in [-0.39, 0.29) is 5.76 Å². The summed E-state index contributed by atoms with van der Waals surface area (Å²) in [6, 6.07) is 2.77. The third-order valence-corrected chi connectivity index (χ3v) is 2.77. The Morgan fingerprint density at radius 3 is 2.37 bits per heavy atom. The number of carboxylic acid groups (broad SMARTS) is 2. The Morgan fingerprint density at radius 1 is 1.26 bits per heavy atom. The summed E-state index contributed by atoms with van der Waals surface area (Å²) in [6.07, 6.45) is 4.92. The van der Waals surface area contributed by atoms with Crippen molar-refractivity contribution < 1.29 is 29.0 Å². The van der Waals surface area contributed by atoms with Gasteiger partial charge in [0.05, 0.1) is 6.26 Å². The number of carbonyl (C=O) groups excluding carboxylic acids is 1. The van der Waals surface area contributed by atoms with E-state index < -0.39 is 29.2 Å². The van der Waals surface area contributed by atoms with Crippen LogP contribution in [0.15, 0.2) is 40.0 Å². The number of hydrogen-bond donors (Lipinski definition) is 2. The second kappa shape index (κ2) is 4.52. The fourth-order valence-electron chi connectivity index (χ4n) is 1.92. The maximum atomic E-state index is 12.3. The Hall–Kier alpha value is -2.70. The van der Waals surface area contributed by atoms with Crippen LogP contribution in [0.1, 0.15) is 10.6 Å². The van der Waals surface area contributed by atoms with Gasteiger partial charge >= 0.3 is 11.9 Å². The van der Waals surface area contributed by atoms with Crippen LogP contribution < -0.4 is 0 Å². The van der Waals surface area contributed by atoms with Crippen molar-refractivity contribution in [3.05, 3.63) is 36.3 Å². The van der Waals surface area contributed by atoms with Gasteiger partial charge in [0, 0.05) is 6.21 Å². The van der Waals surface area contributed by atoms with E-state index in [0.29, 0.717) is 0 Å². The summed E-state index contributed by atoms with van der Waals surface area (Å²) in [5.74, 6) is -6.25. The molecule has 0 spiro atoms. The van der Waals surface area contributed by atoms with Gasteiger partial charge in [-0.1, -0.05) is 0 Å². The van der Waals surface area contributed by atoms with Crippen molar-refractivity contribution in [1.29, 1.82) is 0 Å². The lowest BCUT2D eigenvalue weighted by atomic mass is 9.80. The summed E-state index contributed by atoms with van der Waals surface area (Å²) in [4.78, 5) is 38.3. The molecule has 1 aromatic heterocycles. The number of hydrogen-bond acceptors (Lipinski definition) is 5. The number of nitrogens with zero attached hydrogens (tertiary/aromatic N) is 1. The first-order valence-electron chi connectivity index (χ1n) is 5.26. The summed E-state index contributed by atoms with van der Waals surface area (Å²) < 4.78 is 4.90. The number of carbonyl (C=O) groups is 3. The number of aliphatic carboxylic acids is 2. The minimum absolute atomic E-state index is 0.142. The molecule has 0 amide bonds. The average molecular weight is 263 g/mol. The predicted molar refractivity (Wildman–Crippen MR) is 62.2 cm³/mol. The van der Waals surface area contributed by atoms with Crippen LogP contribution in [-0.4, -0.2) is 39.7 Å². The standard InChI is InChI=1S/C12H9NO6/c14-9(7-3-1-6-19-7)12(4-2-5-13-12)8(10(15)16)11(17)18/h1-6,8H,(H,15,16)(H,17,18). The average Bonchev–Trinajstić information content (AvgIpc) is 2.98. The number of Topliss-reactive ketones (excluding diaryl/α,β-unsaturated/α-hetero) is 1. The van der Waals surface area contributed by atoms with Crippen molar-refractivity contribution in [1.82, 2.24) is 0 Å². The molecular weight excluding hydrogens is 254 g/mol. The lowest BCUT2D eigenvalue weighted by Gasteiger charge is -2.25. The Bertz CT molecular complexity index is 557. The Labute approximate surface area is 106 Å². The molecule has 2 heterocycles. The van der Waals surface area contributed by atoms with Gasteiger partial charge in [-0.15, -0.1) is 0 Å². The number of allylic oxidation sites excluding steroid dienone is 1. The highest BCUT2D eigenvalue weighted by Gasteiger charge is 2.53. The minimum atomic E-state index is -2.01. The Balaban J connectivity index is 2.53. The number of carboxylic acids is 2. The van der Waals surface area contributed by atoms with Crippen LogP contribution in [-0.2, 0) is 9.59 Å². The topological polar surface area (TPSA) is 117 Å². The van der Waals surface area contributed by atoms with E-state index in [1.165, 1.54) is 30.7 Å². The molecule has 0 bridgehead atoms. The van der Waals surface area contributed by atoms with Crippen LogP contribution in [0.4, 0.5) is 0 Å². The van der Waals surface area contributed by atoms with Gasteiger partial charge < -0.3 is 14.6 Å². The van der Waals surface area contributed by atoms with Gasteiger partial charge in [0.2, 0.25) is 5.78 Å². The molecule has 1 aliphatic rings. The third-order valence-electron chi connectivity index (χ3n) is 2.77. The highest BCUT2D eigenvalue weighted by Crippen LogP contribution is 2.32. The second-order valence-electron chi connectivity index (χ2n) is 3.88. The molecule has 1 aliphatic heterocycles. The van der Waals surface area contributed by atoms with Crippen molar-refractivity contribution in [2.75, 3.05) is 0 Å². The summed E-state index contributed by atoms with van der Waals surface area (Å²) in [5.41, 5.74) is -2.00. The van der Waals surface area contributed by atoms with Crippen molar-refractivity contribution in [2.45, 2.75) is 5.54 Å². The molecule has 2 rings (SSSR count). The molecule has 1 atom stereocenters. The summed E-state index contributed by atoms with van der Waals surface area (Å²) in [5, 5.41) is 18.1. The van der Waals surface area contributed by atoms with E-state index in [4.69, 9.17) is 14.6 Å². The van der Waals surface area contributed by atoms with Crippen LogP contribution in [0, 0.1) is 5.92 Å². The number of ketones is 1. The quantitative estimate of drug-likeness (QED) is 0.594. The molecule has 19 heavy (non-hydrogen) atoms. The first-order valence-corrected chi connectivity index (χ1v) is 5.26. The first kappa shape index (κ1) is 12.7. The summed E-state index contributed by atoms with van der Waals surface area (Å²) >= 11 is 0. The van der Waals surface area contributed by atoms with Crippen LogP contribution >= 0.6 is 0 Å². The van der Waals surface area contributed by atoms with Gasteiger partial charge in [0.15, 0.2) is 17.2 Å². The fraction of sp³-hybridized carbons (Fsp3) is 0.167. The minimum Gasteiger partial charge on any atom is -0.481 e. The Morgan fingerprint density at radius 2 is 1.95 bits per heavy atom. The lowest BCUT2D eigenvalue weighted by molar-refractivity contribution is -0.156. The second-order valence-corrected chi connectivity index (χ2v) is 3.88. The molecule has 0 saturated heterocycles. The number of rotatable bonds is 5.